The first kappa shape index (κ1) is 37.1. The first-order valence-corrected chi connectivity index (χ1v) is 20.4. The van der Waals surface area contributed by atoms with E-state index in [9.17, 15) is 0 Å². The molecule has 0 radical (unpaired) electrons. The summed E-state index contributed by atoms with van der Waals surface area (Å²) in [6, 6.07) is 81.3. The summed E-state index contributed by atoms with van der Waals surface area (Å²) in [7, 11) is 0. The Hall–Kier alpha value is -8.21. The molecule has 4 heteroatoms. The van der Waals surface area contributed by atoms with Gasteiger partial charge in [-0.1, -0.05) is 194 Å². The molecule has 61 heavy (non-hydrogen) atoms. The first-order valence-electron chi connectivity index (χ1n) is 20.4. The SMILES string of the molecule is c1ccc(-c2cc(-c3ccccc3)nc(-c3ccc(-c4ccc(Oc5ccc(-c6ccc(-c7cc(-c8ccccc8)nc(-c8ccccc8)n7)cc6)cc5)cc4)cc3)c2)cc1. The quantitative estimate of drug-likeness (QED) is 0.139. The van der Waals surface area contributed by atoms with Gasteiger partial charge < -0.3 is 4.74 Å². The third-order valence-electron chi connectivity index (χ3n) is 10.8. The highest BCUT2D eigenvalue weighted by molar-refractivity contribution is 5.78. The van der Waals surface area contributed by atoms with E-state index in [1.807, 2.05) is 84.9 Å². The second kappa shape index (κ2) is 16.9. The molecule has 0 aliphatic heterocycles. The van der Waals surface area contributed by atoms with Crippen LogP contribution in [0.3, 0.4) is 0 Å². The van der Waals surface area contributed by atoms with Gasteiger partial charge in [-0.15, -0.1) is 0 Å². The van der Waals surface area contributed by atoms with E-state index in [2.05, 4.69) is 152 Å². The Balaban J connectivity index is 0.827. The maximum Gasteiger partial charge on any atom is 0.160 e. The summed E-state index contributed by atoms with van der Waals surface area (Å²) in [6.45, 7) is 0. The van der Waals surface area contributed by atoms with Crippen molar-refractivity contribution in [3.63, 3.8) is 0 Å². The van der Waals surface area contributed by atoms with Crippen molar-refractivity contribution >= 4 is 0 Å². The van der Waals surface area contributed by atoms with Crippen molar-refractivity contribution in [1.82, 2.24) is 15.0 Å². The minimum Gasteiger partial charge on any atom is -0.457 e. The average Bonchev–Trinajstić information content (AvgIpc) is 3.35. The maximum absolute atomic E-state index is 6.28. The van der Waals surface area contributed by atoms with Crippen molar-refractivity contribution in [1.29, 1.82) is 0 Å². The van der Waals surface area contributed by atoms with Gasteiger partial charge in [-0.2, -0.15) is 0 Å². The number of nitrogens with zero attached hydrogens (tertiary/aromatic N) is 3. The highest BCUT2D eigenvalue weighted by Crippen LogP contribution is 2.34. The molecule has 8 aromatic carbocycles. The molecule has 0 aliphatic carbocycles. The van der Waals surface area contributed by atoms with Gasteiger partial charge in [-0.3, -0.25) is 0 Å². The molecule has 0 unspecified atom stereocenters. The Bertz CT molecular complexity index is 2700. The molecule has 0 spiro atoms. The normalized spacial score (nSPS) is 11.0. The van der Waals surface area contributed by atoms with E-state index >= 15 is 0 Å². The molecule has 2 aromatic heterocycles. The molecule has 2 heterocycles. The number of ether oxygens (including phenoxy) is 1. The van der Waals surface area contributed by atoms with Gasteiger partial charge in [-0.05, 0) is 75.8 Å². The first-order chi connectivity index (χ1) is 30.2. The highest BCUT2D eigenvalue weighted by Gasteiger charge is 2.12. The molecule has 0 aliphatic rings. The van der Waals surface area contributed by atoms with Gasteiger partial charge >= 0.3 is 0 Å². The number of benzene rings is 8. The van der Waals surface area contributed by atoms with Crippen LogP contribution < -0.4 is 4.74 Å². The number of hydrogen-bond acceptors (Lipinski definition) is 4. The van der Waals surface area contributed by atoms with Crippen LogP contribution in [0.1, 0.15) is 0 Å². The Morgan fingerprint density at radius 2 is 0.492 bits per heavy atom. The van der Waals surface area contributed by atoms with E-state index < -0.39 is 0 Å². The summed E-state index contributed by atoms with van der Waals surface area (Å²) in [6.07, 6.45) is 0. The molecule has 4 nitrogen and oxygen atoms in total. The fraction of sp³-hybridized carbons (Fsp3) is 0. The van der Waals surface area contributed by atoms with Crippen molar-refractivity contribution in [3.05, 3.63) is 237 Å². The van der Waals surface area contributed by atoms with E-state index in [1.165, 1.54) is 5.56 Å². The second-order valence-electron chi connectivity index (χ2n) is 14.9. The van der Waals surface area contributed by atoms with Crippen molar-refractivity contribution in [2.75, 3.05) is 0 Å². The van der Waals surface area contributed by atoms with Crippen molar-refractivity contribution in [3.8, 4) is 101 Å². The zero-order valence-corrected chi connectivity index (χ0v) is 33.3. The lowest BCUT2D eigenvalue weighted by atomic mass is 9.98. The third kappa shape index (κ3) is 8.38. The Morgan fingerprint density at radius 3 is 0.885 bits per heavy atom. The van der Waals surface area contributed by atoms with Crippen molar-refractivity contribution in [2.45, 2.75) is 0 Å². The summed E-state index contributed by atoms with van der Waals surface area (Å²) in [4.78, 5) is 15.0. The number of hydrogen-bond donors (Lipinski definition) is 0. The lowest BCUT2D eigenvalue weighted by Gasteiger charge is -2.11. The molecule has 0 N–H and O–H groups in total. The predicted octanol–water partition coefficient (Wildman–Crippen LogP) is 15.0. The summed E-state index contributed by atoms with van der Waals surface area (Å²) < 4.78 is 6.28. The molecule has 0 bridgehead atoms. The Morgan fingerprint density at radius 1 is 0.213 bits per heavy atom. The van der Waals surface area contributed by atoms with Crippen LogP contribution in [0.4, 0.5) is 0 Å². The smallest absolute Gasteiger partial charge is 0.160 e. The van der Waals surface area contributed by atoms with Crippen LogP contribution in [0.5, 0.6) is 11.5 Å². The molecule has 0 fully saturated rings. The molecule has 0 saturated carbocycles. The van der Waals surface area contributed by atoms with Crippen molar-refractivity contribution in [2.24, 2.45) is 0 Å². The van der Waals surface area contributed by atoms with E-state index in [1.54, 1.807) is 0 Å². The van der Waals surface area contributed by atoms with Crippen LogP contribution in [0, 0.1) is 0 Å². The molecular weight excluding hydrogens is 743 g/mol. The molecule has 10 aromatic rings. The summed E-state index contributed by atoms with van der Waals surface area (Å²) in [5, 5.41) is 0. The van der Waals surface area contributed by atoms with Crippen LogP contribution in [0.25, 0.3) is 89.8 Å². The standard InChI is InChI=1S/C57H39N3O/c1-5-13-40(14-6-1)50-37-53(45-15-7-2-8-16-45)58-54(38-50)47-25-21-41(22-26-47)43-29-33-51(34-30-43)61-52-35-31-44(32-36-52)42-23-27-48(28-24-42)56-39-55(46-17-9-3-10-18-46)59-57(60-56)49-19-11-4-12-20-49/h1-39H. The van der Waals surface area contributed by atoms with E-state index in [-0.39, 0.29) is 0 Å². The minimum atomic E-state index is 0.706. The third-order valence-corrected chi connectivity index (χ3v) is 10.8. The molecule has 288 valence electrons. The zero-order chi connectivity index (χ0) is 40.8. The Kier molecular flexibility index (Phi) is 10.3. The lowest BCUT2D eigenvalue weighted by molar-refractivity contribution is 0.483. The fourth-order valence-electron chi connectivity index (χ4n) is 7.53. The fourth-order valence-corrected chi connectivity index (χ4v) is 7.53. The topological polar surface area (TPSA) is 47.9 Å². The van der Waals surface area contributed by atoms with Crippen LogP contribution in [0.2, 0.25) is 0 Å². The minimum absolute atomic E-state index is 0.706. The van der Waals surface area contributed by atoms with Gasteiger partial charge in [0.1, 0.15) is 11.5 Å². The van der Waals surface area contributed by atoms with Gasteiger partial charge in [0.15, 0.2) is 5.82 Å². The monoisotopic (exact) mass is 781 g/mol. The number of aromatic nitrogens is 3. The number of rotatable bonds is 10. The predicted molar refractivity (Wildman–Crippen MR) is 250 cm³/mol. The van der Waals surface area contributed by atoms with Gasteiger partial charge in [0.2, 0.25) is 0 Å². The summed E-state index contributed by atoms with van der Waals surface area (Å²) in [5.41, 5.74) is 15.7. The van der Waals surface area contributed by atoms with Gasteiger partial charge in [0, 0.05) is 27.8 Å². The molecule has 10 rings (SSSR count). The highest BCUT2D eigenvalue weighted by atomic mass is 16.5. The second-order valence-corrected chi connectivity index (χ2v) is 14.9. The van der Waals surface area contributed by atoms with Crippen molar-refractivity contribution < 1.29 is 4.74 Å². The van der Waals surface area contributed by atoms with E-state index in [0.29, 0.717) is 5.82 Å². The molecule has 0 atom stereocenters. The molecule has 0 amide bonds. The van der Waals surface area contributed by atoms with E-state index in [0.717, 1.165) is 89.9 Å². The largest absolute Gasteiger partial charge is 0.457 e. The summed E-state index contributed by atoms with van der Waals surface area (Å²) >= 11 is 0. The number of pyridine rings is 1. The van der Waals surface area contributed by atoms with Gasteiger partial charge in [0.05, 0.1) is 22.8 Å². The lowest BCUT2D eigenvalue weighted by Crippen LogP contribution is -1.95. The van der Waals surface area contributed by atoms with Crippen LogP contribution in [-0.2, 0) is 0 Å². The van der Waals surface area contributed by atoms with E-state index in [4.69, 9.17) is 19.7 Å². The maximum atomic E-state index is 6.28. The van der Waals surface area contributed by atoms with Crippen LogP contribution in [0.15, 0.2) is 237 Å². The average molecular weight is 782 g/mol. The van der Waals surface area contributed by atoms with Gasteiger partial charge in [0.25, 0.3) is 0 Å². The zero-order valence-electron chi connectivity index (χ0n) is 33.3. The summed E-state index contributed by atoms with van der Waals surface area (Å²) in [5.74, 6) is 2.26. The van der Waals surface area contributed by atoms with Gasteiger partial charge in [-0.25, -0.2) is 15.0 Å². The molecular formula is C57H39N3O. The molecule has 0 saturated heterocycles. The van der Waals surface area contributed by atoms with Crippen LogP contribution in [-0.4, -0.2) is 15.0 Å². The van der Waals surface area contributed by atoms with Crippen LogP contribution >= 0.6 is 0 Å². The Labute approximate surface area is 356 Å².